The highest BCUT2D eigenvalue weighted by Gasteiger charge is 2.33. The van der Waals surface area contributed by atoms with Crippen LogP contribution in [-0.2, 0) is 11.0 Å². The van der Waals surface area contributed by atoms with E-state index in [0.29, 0.717) is 19.4 Å². The molecule has 0 aromatic carbocycles. The van der Waals surface area contributed by atoms with Crippen molar-refractivity contribution < 1.29 is 18.0 Å². The molecule has 106 valence electrons. The first-order valence-corrected chi connectivity index (χ1v) is 5.91. The van der Waals surface area contributed by atoms with E-state index in [2.05, 4.69) is 15.6 Å². The van der Waals surface area contributed by atoms with Gasteiger partial charge >= 0.3 is 6.18 Å². The van der Waals surface area contributed by atoms with E-state index in [9.17, 15) is 18.0 Å². The Morgan fingerprint density at radius 2 is 2.20 bits per heavy atom. The van der Waals surface area contributed by atoms with E-state index in [1.54, 1.807) is 6.07 Å². The lowest BCUT2D eigenvalue weighted by molar-refractivity contribution is -0.141. The minimum Gasteiger partial charge on any atom is -0.364 e. The predicted molar refractivity (Wildman–Crippen MR) is 63.6 cm³/mol. The summed E-state index contributed by atoms with van der Waals surface area (Å²) in [5.41, 5.74) is -1.02. The number of carbonyl (C=O) groups excluding carboxylic acids is 1. The van der Waals surface area contributed by atoms with Gasteiger partial charge in [-0.1, -0.05) is 0 Å². The maximum atomic E-state index is 12.6. The van der Waals surface area contributed by atoms with Gasteiger partial charge in [-0.25, -0.2) is 4.98 Å². The summed E-state index contributed by atoms with van der Waals surface area (Å²) in [7, 11) is 0. The van der Waals surface area contributed by atoms with Gasteiger partial charge in [0.25, 0.3) is 0 Å². The van der Waals surface area contributed by atoms with Crippen molar-refractivity contribution in [2.45, 2.75) is 25.1 Å². The molecule has 1 atom stereocenters. The maximum absolute atomic E-state index is 12.6. The van der Waals surface area contributed by atoms with Gasteiger partial charge in [0.1, 0.15) is 17.6 Å². The van der Waals surface area contributed by atoms with Gasteiger partial charge in [0.15, 0.2) is 0 Å². The van der Waals surface area contributed by atoms with Crippen LogP contribution >= 0.6 is 0 Å². The van der Waals surface area contributed by atoms with Gasteiger partial charge in [0, 0.05) is 19.0 Å². The number of piperidine rings is 1. The van der Waals surface area contributed by atoms with E-state index in [4.69, 9.17) is 5.26 Å². The largest absolute Gasteiger partial charge is 0.433 e. The molecule has 0 radical (unpaired) electrons. The van der Waals surface area contributed by atoms with Crippen LogP contribution in [0.5, 0.6) is 0 Å². The monoisotopic (exact) mass is 284 g/mol. The van der Waals surface area contributed by atoms with Crippen LogP contribution in [0, 0.1) is 11.3 Å². The SMILES string of the molecule is N#Cc1ccc(C(F)(F)F)nc1NC1CCC(=O)NC1. The van der Waals surface area contributed by atoms with Gasteiger partial charge < -0.3 is 10.6 Å². The van der Waals surface area contributed by atoms with Crippen LogP contribution in [0.25, 0.3) is 0 Å². The summed E-state index contributed by atoms with van der Waals surface area (Å²) in [5.74, 6) is -0.205. The summed E-state index contributed by atoms with van der Waals surface area (Å²) in [6, 6.07) is 3.41. The van der Waals surface area contributed by atoms with E-state index in [0.717, 1.165) is 12.1 Å². The zero-order valence-electron chi connectivity index (χ0n) is 10.3. The molecular weight excluding hydrogens is 273 g/mol. The minimum atomic E-state index is -4.56. The molecule has 20 heavy (non-hydrogen) atoms. The third-order valence-electron chi connectivity index (χ3n) is 2.91. The van der Waals surface area contributed by atoms with Gasteiger partial charge in [-0.2, -0.15) is 18.4 Å². The summed E-state index contributed by atoms with van der Waals surface area (Å²) in [5, 5.41) is 14.3. The summed E-state index contributed by atoms with van der Waals surface area (Å²) in [6.07, 6.45) is -3.79. The molecule has 8 heteroatoms. The van der Waals surface area contributed by atoms with Crippen molar-refractivity contribution in [2.75, 3.05) is 11.9 Å². The van der Waals surface area contributed by atoms with E-state index in [-0.39, 0.29) is 23.3 Å². The molecule has 5 nitrogen and oxygen atoms in total. The molecule has 0 spiro atoms. The van der Waals surface area contributed by atoms with Gasteiger partial charge in [0.2, 0.25) is 5.91 Å². The van der Waals surface area contributed by atoms with Gasteiger partial charge in [-0.15, -0.1) is 0 Å². The number of halogens is 3. The van der Waals surface area contributed by atoms with Crippen molar-refractivity contribution in [3.05, 3.63) is 23.4 Å². The van der Waals surface area contributed by atoms with Crippen LogP contribution in [-0.4, -0.2) is 23.5 Å². The Hall–Kier alpha value is -2.30. The van der Waals surface area contributed by atoms with Crippen LogP contribution in [0.3, 0.4) is 0 Å². The number of nitrogens with one attached hydrogen (secondary N) is 2. The first-order valence-electron chi connectivity index (χ1n) is 5.91. The van der Waals surface area contributed by atoms with E-state index >= 15 is 0 Å². The number of aromatic nitrogens is 1. The summed E-state index contributed by atoms with van der Waals surface area (Å²) in [4.78, 5) is 14.5. The first kappa shape index (κ1) is 14.1. The Labute approximate surface area is 112 Å². The second kappa shape index (κ2) is 5.36. The van der Waals surface area contributed by atoms with Gasteiger partial charge in [-0.3, -0.25) is 4.79 Å². The van der Waals surface area contributed by atoms with E-state index < -0.39 is 11.9 Å². The molecule has 1 aliphatic heterocycles. The second-order valence-electron chi connectivity index (χ2n) is 4.39. The molecule has 0 bridgehead atoms. The second-order valence-corrected chi connectivity index (χ2v) is 4.39. The molecule has 2 rings (SSSR count). The Morgan fingerprint density at radius 3 is 2.75 bits per heavy atom. The molecule has 1 aromatic heterocycles. The lowest BCUT2D eigenvalue weighted by Crippen LogP contribution is -2.42. The Bertz CT molecular complexity index is 555. The lowest BCUT2D eigenvalue weighted by atomic mass is 10.1. The fourth-order valence-corrected chi connectivity index (χ4v) is 1.87. The molecule has 1 fully saturated rings. The van der Waals surface area contributed by atoms with E-state index in [1.807, 2.05) is 0 Å². The quantitative estimate of drug-likeness (QED) is 0.866. The standard InChI is InChI=1S/C12H11F3N4O/c13-12(14,15)9-3-1-7(5-16)11(19-9)18-8-2-4-10(20)17-6-8/h1,3,8H,2,4,6H2,(H,17,20)(H,18,19). The normalized spacial score (nSPS) is 19.1. The average Bonchev–Trinajstić information content (AvgIpc) is 2.40. The molecule has 0 aliphatic carbocycles. The topological polar surface area (TPSA) is 77.8 Å². The highest BCUT2D eigenvalue weighted by Crippen LogP contribution is 2.29. The third kappa shape index (κ3) is 3.17. The number of carbonyl (C=O) groups is 1. The molecule has 2 heterocycles. The number of nitrogens with zero attached hydrogens (tertiary/aromatic N) is 2. The van der Waals surface area contributed by atoms with Gasteiger partial charge in [-0.05, 0) is 18.6 Å². The summed E-state index contributed by atoms with van der Waals surface area (Å²) in [6.45, 7) is 0.293. The number of alkyl halides is 3. The molecule has 1 amide bonds. The molecule has 1 aromatic rings. The predicted octanol–water partition coefficient (Wildman–Crippen LogP) is 1.66. The zero-order valence-corrected chi connectivity index (χ0v) is 10.3. The number of rotatable bonds is 2. The minimum absolute atomic E-state index is 0.0369. The summed E-state index contributed by atoms with van der Waals surface area (Å²) >= 11 is 0. The van der Waals surface area contributed by atoms with Crippen molar-refractivity contribution in [1.82, 2.24) is 10.3 Å². The van der Waals surface area contributed by atoms with Crippen LogP contribution < -0.4 is 10.6 Å². The molecule has 2 N–H and O–H groups in total. The van der Waals surface area contributed by atoms with Crippen molar-refractivity contribution in [3.63, 3.8) is 0 Å². The first-order chi connectivity index (χ1) is 9.40. The zero-order chi connectivity index (χ0) is 14.8. The highest BCUT2D eigenvalue weighted by molar-refractivity contribution is 5.77. The maximum Gasteiger partial charge on any atom is 0.433 e. The van der Waals surface area contributed by atoms with Crippen molar-refractivity contribution in [3.8, 4) is 6.07 Å². The number of hydrogen-bond donors (Lipinski definition) is 2. The number of nitriles is 1. The average molecular weight is 284 g/mol. The molecule has 0 saturated carbocycles. The molecular formula is C12H11F3N4O. The fourth-order valence-electron chi connectivity index (χ4n) is 1.87. The van der Waals surface area contributed by atoms with Crippen LogP contribution in [0.2, 0.25) is 0 Å². The Balaban J connectivity index is 2.21. The fraction of sp³-hybridized carbons (Fsp3) is 0.417. The number of pyridine rings is 1. The number of hydrogen-bond acceptors (Lipinski definition) is 4. The summed E-state index contributed by atoms with van der Waals surface area (Å²) < 4.78 is 37.8. The van der Waals surface area contributed by atoms with Crippen molar-refractivity contribution in [2.24, 2.45) is 0 Å². The smallest absolute Gasteiger partial charge is 0.364 e. The highest BCUT2D eigenvalue weighted by atomic mass is 19.4. The van der Waals surface area contributed by atoms with Crippen LogP contribution in [0.15, 0.2) is 12.1 Å². The van der Waals surface area contributed by atoms with Crippen molar-refractivity contribution in [1.29, 1.82) is 5.26 Å². The van der Waals surface area contributed by atoms with Crippen molar-refractivity contribution >= 4 is 11.7 Å². The van der Waals surface area contributed by atoms with Gasteiger partial charge in [0.05, 0.1) is 5.56 Å². The molecule has 1 saturated heterocycles. The molecule has 1 aliphatic rings. The molecule has 1 unspecified atom stereocenters. The third-order valence-corrected chi connectivity index (χ3v) is 2.91. The Kier molecular flexibility index (Phi) is 3.79. The van der Waals surface area contributed by atoms with Crippen LogP contribution in [0.1, 0.15) is 24.1 Å². The lowest BCUT2D eigenvalue weighted by Gasteiger charge is -2.24. The Morgan fingerprint density at radius 1 is 1.45 bits per heavy atom. The number of anilines is 1. The van der Waals surface area contributed by atoms with E-state index in [1.165, 1.54) is 0 Å². The van der Waals surface area contributed by atoms with Crippen LogP contribution in [0.4, 0.5) is 19.0 Å². The number of amides is 1.